The molecule has 1 fully saturated rings. The number of anilines is 1. The van der Waals surface area contributed by atoms with Gasteiger partial charge in [-0.1, -0.05) is 36.9 Å². The van der Waals surface area contributed by atoms with Crippen molar-refractivity contribution in [3.05, 3.63) is 16.1 Å². The first kappa shape index (κ1) is 16.2. The molecule has 1 saturated heterocycles. The van der Waals surface area contributed by atoms with Crippen molar-refractivity contribution in [3.63, 3.8) is 0 Å². The molecule has 1 N–H and O–H groups in total. The maximum absolute atomic E-state index is 5.59. The van der Waals surface area contributed by atoms with E-state index in [0.29, 0.717) is 12.0 Å². The lowest BCUT2D eigenvalue weighted by Gasteiger charge is -2.08. The monoisotopic (exact) mass is 356 g/mol. The van der Waals surface area contributed by atoms with Crippen LogP contribution in [0.4, 0.5) is 5.13 Å². The molecule has 2 aromatic heterocycles. The van der Waals surface area contributed by atoms with Gasteiger partial charge in [0.2, 0.25) is 5.13 Å². The lowest BCUT2D eigenvalue weighted by molar-refractivity contribution is 0.120. The fraction of sp³-hybridized carbons (Fsp3) is 0.643. The molecule has 120 valence electrons. The second-order valence-corrected chi connectivity index (χ2v) is 8.60. The van der Waals surface area contributed by atoms with Gasteiger partial charge in [-0.25, -0.2) is 4.98 Å². The van der Waals surface area contributed by atoms with Crippen LogP contribution in [0.15, 0.2) is 9.72 Å². The molecule has 0 bridgehead atoms. The second kappa shape index (κ2) is 7.72. The highest BCUT2D eigenvalue weighted by atomic mass is 32.2. The molecule has 1 atom stereocenters. The predicted octanol–water partition coefficient (Wildman–Crippen LogP) is 4.00. The van der Waals surface area contributed by atoms with Crippen LogP contribution in [0.5, 0.6) is 0 Å². The Hall–Kier alpha value is -0.700. The van der Waals surface area contributed by atoms with E-state index in [2.05, 4.69) is 39.7 Å². The van der Waals surface area contributed by atoms with Gasteiger partial charge in [0, 0.05) is 30.2 Å². The fourth-order valence-electron chi connectivity index (χ4n) is 2.14. The molecule has 1 aliphatic rings. The van der Waals surface area contributed by atoms with Crippen LogP contribution < -0.4 is 5.32 Å². The fourth-order valence-corrected chi connectivity index (χ4v) is 4.73. The van der Waals surface area contributed by atoms with Gasteiger partial charge >= 0.3 is 0 Å². The summed E-state index contributed by atoms with van der Waals surface area (Å²) in [6, 6.07) is 0. The highest BCUT2D eigenvalue weighted by molar-refractivity contribution is 8.00. The number of rotatable bonds is 7. The average Bonchev–Trinajstić information content (AvgIpc) is 3.24. The molecule has 3 heterocycles. The minimum Gasteiger partial charge on any atom is -0.376 e. The highest BCUT2D eigenvalue weighted by Crippen LogP contribution is 2.29. The van der Waals surface area contributed by atoms with Gasteiger partial charge in [-0.15, -0.1) is 21.5 Å². The third-order valence-corrected chi connectivity index (χ3v) is 6.56. The molecule has 1 unspecified atom stereocenters. The van der Waals surface area contributed by atoms with Crippen LogP contribution in [0.2, 0.25) is 0 Å². The summed E-state index contributed by atoms with van der Waals surface area (Å²) in [5.41, 5.74) is 1.13. The lowest BCUT2D eigenvalue weighted by Crippen LogP contribution is -2.18. The molecule has 0 aliphatic carbocycles. The first-order valence-corrected chi connectivity index (χ1v) is 10.1. The predicted molar refractivity (Wildman–Crippen MR) is 93.1 cm³/mol. The van der Waals surface area contributed by atoms with Crippen molar-refractivity contribution in [1.82, 2.24) is 15.2 Å². The third-order valence-electron chi connectivity index (χ3n) is 3.32. The summed E-state index contributed by atoms with van der Waals surface area (Å²) in [7, 11) is 0. The Balaban J connectivity index is 1.46. The molecule has 0 saturated carbocycles. The van der Waals surface area contributed by atoms with E-state index in [9.17, 15) is 0 Å². The topological polar surface area (TPSA) is 59.9 Å². The summed E-state index contributed by atoms with van der Waals surface area (Å²) in [6.07, 6.45) is 2.62. The van der Waals surface area contributed by atoms with E-state index in [1.54, 1.807) is 34.4 Å². The maximum atomic E-state index is 5.59. The summed E-state index contributed by atoms with van der Waals surface area (Å²) in [5.74, 6) is 1.35. The summed E-state index contributed by atoms with van der Waals surface area (Å²) in [5, 5.41) is 15.9. The molecular formula is C14H20N4OS3. The van der Waals surface area contributed by atoms with Gasteiger partial charge in [0.25, 0.3) is 0 Å². The smallest absolute Gasteiger partial charge is 0.206 e. The number of nitrogens with one attached hydrogen (secondary N) is 1. The van der Waals surface area contributed by atoms with Crippen molar-refractivity contribution < 1.29 is 4.74 Å². The lowest BCUT2D eigenvalue weighted by atomic mass is 10.2. The van der Waals surface area contributed by atoms with E-state index in [1.807, 2.05) is 0 Å². The van der Waals surface area contributed by atoms with E-state index in [-0.39, 0.29) is 0 Å². The number of hydrogen-bond donors (Lipinski definition) is 1. The zero-order valence-electron chi connectivity index (χ0n) is 12.7. The first-order valence-electron chi connectivity index (χ1n) is 7.47. The van der Waals surface area contributed by atoms with Crippen LogP contribution in [0.3, 0.4) is 0 Å². The number of thiazole rings is 1. The van der Waals surface area contributed by atoms with Crippen LogP contribution in [0, 0.1) is 0 Å². The highest BCUT2D eigenvalue weighted by Gasteiger charge is 2.16. The normalized spacial score (nSPS) is 18.2. The Kier molecular flexibility index (Phi) is 5.67. The summed E-state index contributed by atoms with van der Waals surface area (Å²) in [4.78, 5) is 4.64. The Morgan fingerprint density at radius 1 is 1.45 bits per heavy atom. The quantitative estimate of drug-likeness (QED) is 0.757. The summed E-state index contributed by atoms with van der Waals surface area (Å²) < 4.78 is 6.57. The molecule has 0 amide bonds. The van der Waals surface area contributed by atoms with Crippen LogP contribution in [-0.4, -0.2) is 34.4 Å². The average molecular weight is 357 g/mol. The van der Waals surface area contributed by atoms with Crippen LogP contribution >= 0.6 is 34.4 Å². The van der Waals surface area contributed by atoms with E-state index in [4.69, 9.17) is 4.74 Å². The van der Waals surface area contributed by atoms with Crippen molar-refractivity contribution in [1.29, 1.82) is 0 Å². The van der Waals surface area contributed by atoms with Crippen molar-refractivity contribution >= 4 is 39.6 Å². The van der Waals surface area contributed by atoms with Crippen molar-refractivity contribution in [2.24, 2.45) is 0 Å². The molecule has 0 aromatic carbocycles. The van der Waals surface area contributed by atoms with Gasteiger partial charge in [0.05, 0.1) is 16.8 Å². The number of ether oxygens (including phenoxy) is 1. The zero-order chi connectivity index (χ0) is 15.4. The van der Waals surface area contributed by atoms with Crippen LogP contribution in [-0.2, 0) is 10.5 Å². The Bertz CT molecular complexity index is 592. The number of aromatic nitrogens is 3. The zero-order valence-corrected chi connectivity index (χ0v) is 15.2. The van der Waals surface area contributed by atoms with E-state index in [0.717, 1.165) is 46.9 Å². The largest absolute Gasteiger partial charge is 0.376 e. The molecule has 8 heteroatoms. The number of nitrogens with zero attached hydrogens (tertiary/aromatic N) is 3. The molecule has 1 aliphatic heterocycles. The van der Waals surface area contributed by atoms with Crippen molar-refractivity contribution in [2.75, 3.05) is 18.5 Å². The molecule has 22 heavy (non-hydrogen) atoms. The van der Waals surface area contributed by atoms with Crippen LogP contribution in [0.1, 0.15) is 43.3 Å². The van der Waals surface area contributed by atoms with E-state index >= 15 is 0 Å². The van der Waals surface area contributed by atoms with Gasteiger partial charge in [-0.3, -0.25) is 0 Å². The number of thioether (sulfide) groups is 1. The van der Waals surface area contributed by atoms with Gasteiger partial charge < -0.3 is 10.1 Å². The SMILES string of the molecule is CC(C)c1nc(CSc2nnc(NCC3CCCO3)s2)cs1. The van der Waals surface area contributed by atoms with E-state index in [1.165, 1.54) is 5.01 Å². The van der Waals surface area contributed by atoms with Gasteiger partial charge in [0.15, 0.2) is 4.34 Å². The minimum absolute atomic E-state index is 0.324. The van der Waals surface area contributed by atoms with Crippen molar-refractivity contribution in [2.45, 2.75) is 48.8 Å². The molecular weight excluding hydrogens is 336 g/mol. The molecule has 0 radical (unpaired) electrons. The molecule has 3 rings (SSSR count). The molecule has 0 spiro atoms. The van der Waals surface area contributed by atoms with Gasteiger partial charge in [0.1, 0.15) is 0 Å². The third kappa shape index (κ3) is 4.41. The number of hydrogen-bond acceptors (Lipinski definition) is 8. The van der Waals surface area contributed by atoms with E-state index < -0.39 is 0 Å². The Morgan fingerprint density at radius 3 is 3.09 bits per heavy atom. The second-order valence-electron chi connectivity index (χ2n) is 5.51. The Labute approximate surface area is 142 Å². The van der Waals surface area contributed by atoms with Crippen LogP contribution in [0.25, 0.3) is 0 Å². The minimum atomic E-state index is 0.324. The van der Waals surface area contributed by atoms with Gasteiger partial charge in [-0.2, -0.15) is 0 Å². The molecule has 5 nitrogen and oxygen atoms in total. The van der Waals surface area contributed by atoms with Gasteiger partial charge in [-0.05, 0) is 12.8 Å². The Morgan fingerprint density at radius 2 is 2.36 bits per heavy atom. The molecule has 2 aromatic rings. The standard InChI is InChI=1S/C14H20N4OS3/c1-9(2)12-16-10(7-20-12)8-21-14-18-17-13(22-14)15-6-11-4-3-5-19-11/h7,9,11H,3-6,8H2,1-2H3,(H,15,17). The summed E-state index contributed by atoms with van der Waals surface area (Å²) >= 11 is 5.03. The first-order chi connectivity index (χ1) is 10.7. The van der Waals surface area contributed by atoms with Crippen molar-refractivity contribution in [3.8, 4) is 0 Å². The maximum Gasteiger partial charge on any atom is 0.206 e. The summed E-state index contributed by atoms with van der Waals surface area (Å²) in [6.45, 7) is 6.05.